The molecule has 1 amide bonds. The van der Waals surface area contributed by atoms with Gasteiger partial charge in [0.05, 0.1) is 6.61 Å². The van der Waals surface area contributed by atoms with Crippen LogP contribution in [0.2, 0.25) is 0 Å². The van der Waals surface area contributed by atoms with Gasteiger partial charge in [-0.2, -0.15) is 0 Å². The van der Waals surface area contributed by atoms with E-state index >= 15 is 0 Å². The Morgan fingerprint density at radius 2 is 1.75 bits per heavy atom. The first kappa shape index (κ1) is 17.9. The van der Waals surface area contributed by atoms with Gasteiger partial charge in [-0.1, -0.05) is 43.3 Å². The van der Waals surface area contributed by atoms with Gasteiger partial charge < -0.3 is 14.8 Å². The maximum Gasteiger partial charge on any atom is 0.257 e. The van der Waals surface area contributed by atoms with Gasteiger partial charge in [0.1, 0.15) is 11.5 Å². The van der Waals surface area contributed by atoms with Crippen molar-refractivity contribution in [1.29, 1.82) is 0 Å². The highest BCUT2D eigenvalue weighted by Gasteiger charge is 2.05. The van der Waals surface area contributed by atoms with Gasteiger partial charge >= 0.3 is 0 Å². The van der Waals surface area contributed by atoms with E-state index in [9.17, 15) is 4.79 Å². The first-order valence-electron chi connectivity index (χ1n) is 8.45. The van der Waals surface area contributed by atoms with Crippen molar-refractivity contribution < 1.29 is 14.3 Å². The molecule has 0 spiro atoms. The van der Waals surface area contributed by atoms with Gasteiger partial charge in [0, 0.05) is 6.54 Å². The molecule has 0 heterocycles. The van der Waals surface area contributed by atoms with Crippen molar-refractivity contribution >= 4 is 5.91 Å². The molecule has 0 aliphatic heterocycles. The van der Waals surface area contributed by atoms with Crippen molar-refractivity contribution in [3.05, 3.63) is 60.2 Å². The van der Waals surface area contributed by atoms with Crippen LogP contribution in [0.25, 0.3) is 0 Å². The Morgan fingerprint density at radius 3 is 2.54 bits per heavy atom. The molecule has 1 N–H and O–H groups in total. The number of amides is 1. The monoisotopic (exact) mass is 327 g/mol. The first-order chi connectivity index (χ1) is 11.8. The van der Waals surface area contributed by atoms with Gasteiger partial charge in [0.2, 0.25) is 0 Å². The lowest BCUT2D eigenvalue weighted by Gasteiger charge is -2.11. The third-order valence-corrected chi connectivity index (χ3v) is 3.49. The standard InChI is InChI=1S/C20H25NO3/c1-2-15-23-19-13-7-6-9-17(19)10-8-14-21-20(22)16-24-18-11-4-3-5-12-18/h3-7,9,11-13H,2,8,10,14-16H2,1H3,(H,21,22). The zero-order chi connectivity index (χ0) is 17.0. The second-order valence-corrected chi connectivity index (χ2v) is 5.51. The summed E-state index contributed by atoms with van der Waals surface area (Å²) < 4.78 is 11.2. The Labute approximate surface area is 143 Å². The van der Waals surface area contributed by atoms with Crippen LogP contribution in [0.4, 0.5) is 0 Å². The lowest BCUT2D eigenvalue weighted by Crippen LogP contribution is -2.29. The van der Waals surface area contributed by atoms with Gasteiger partial charge in [-0.25, -0.2) is 0 Å². The molecule has 4 nitrogen and oxygen atoms in total. The largest absolute Gasteiger partial charge is 0.493 e. The normalized spacial score (nSPS) is 10.2. The fraction of sp³-hybridized carbons (Fsp3) is 0.350. The molecule has 0 saturated heterocycles. The van der Waals surface area contributed by atoms with Crippen LogP contribution >= 0.6 is 0 Å². The van der Waals surface area contributed by atoms with Crippen LogP contribution in [-0.2, 0) is 11.2 Å². The number of hydrogen-bond donors (Lipinski definition) is 1. The minimum atomic E-state index is -0.102. The average Bonchev–Trinajstić information content (AvgIpc) is 2.63. The molecule has 0 aliphatic rings. The Balaban J connectivity index is 1.66. The second kappa shape index (κ2) is 10.3. The van der Waals surface area contributed by atoms with Crippen LogP contribution in [0.1, 0.15) is 25.3 Å². The van der Waals surface area contributed by atoms with Crippen LogP contribution in [-0.4, -0.2) is 25.7 Å². The van der Waals surface area contributed by atoms with Crippen LogP contribution < -0.4 is 14.8 Å². The van der Waals surface area contributed by atoms with Crippen molar-refractivity contribution in [3.8, 4) is 11.5 Å². The highest BCUT2D eigenvalue weighted by atomic mass is 16.5. The molecule has 0 atom stereocenters. The number of rotatable bonds is 10. The molecule has 0 radical (unpaired) electrons. The van der Waals surface area contributed by atoms with E-state index in [1.807, 2.05) is 48.5 Å². The van der Waals surface area contributed by atoms with Crippen molar-refractivity contribution in [1.82, 2.24) is 5.32 Å². The quantitative estimate of drug-likeness (QED) is 0.678. The number of aryl methyl sites for hydroxylation is 1. The van der Waals surface area contributed by atoms with E-state index in [0.29, 0.717) is 12.3 Å². The SMILES string of the molecule is CCCOc1ccccc1CCCNC(=O)COc1ccccc1. The summed E-state index contributed by atoms with van der Waals surface area (Å²) in [6.45, 7) is 3.49. The smallest absolute Gasteiger partial charge is 0.257 e. The Hall–Kier alpha value is -2.49. The number of ether oxygens (including phenoxy) is 2. The number of nitrogens with one attached hydrogen (secondary N) is 1. The summed E-state index contributed by atoms with van der Waals surface area (Å²) >= 11 is 0. The maximum atomic E-state index is 11.8. The lowest BCUT2D eigenvalue weighted by atomic mass is 10.1. The molecule has 2 aromatic carbocycles. The van der Waals surface area contributed by atoms with Gasteiger partial charge in [-0.3, -0.25) is 4.79 Å². The summed E-state index contributed by atoms with van der Waals surface area (Å²) in [5, 5.41) is 2.88. The molecule has 4 heteroatoms. The molecule has 24 heavy (non-hydrogen) atoms. The molecule has 0 unspecified atom stereocenters. The summed E-state index contributed by atoms with van der Waals surface area (Å²) in [5.74, 6) is 1.54. The summed E-state index contributed by atoms with van der Waals surface area (Å²) in [6.07, 6.45) is 2.73. The minimum Gasteiger partial charge on any atom is -0.493 e. The maximum absolute atomic E-state index is 11.8. The Morgan fingerprint density at radius 1 is 1.00 bits per heavy atom. The highest BCUT2D eigenvalue weighted by molar-refractivity contribution is 5.77. The number of hydrogen-bond acceptors (Lipinski definition) is 3. The number of carbonyl (C=O) groups excluding carboxylic acids is 1. The van der Waals surface area contributed by atoms with Gasteiger partial charge in [-0.15, -0.1) is 0 Å². The molecule has 2 aromatic rings. The van der Waals surface area contributed by atoms with Crippen molar-refractivity contribution in [2.45, 2.75) is 26.2 Å². The molecular weight excluding hydrogens is 302 g/mol. The third kappa shape index (κ3) is 6.32. The lowest BCUT2D eigenvalue weighted by molar-refractivity contribution is -0.123. The highest BCUT2D eigenvalue weighted by Crippen LogP contribution is 2.19. The van der Waals surface area contributed by atoms with Crippen LogP contribution in [0, 0.1) is 0 Å². The first-order valence-corrected chi connectivity index (χ1v) is 8.45. The van der Waals surface area contributed by atoms with E-state index in [0.717, 1.165) is 31.6 Å². The predicted molar refractivity (Wildman–Crippen MR) is 95.5 cm³/mol. The fourth-order valence-corrected chi connectivity index (χ4v) is 2.29. The molecule has 2 rings (SSSR count). The molecule has 0 saturated carbocycles. The van der Waals surface area contributed by atoms with Gasteiger partial charge in [-0.05, 0) is 43.0 Å². The second-order valence-electron chi connectivity index (χ2n) is 5.51. The number of para-hydroxylation sites is 2. The van der Waals surface area contributed by atoms with Gasteiger partial charge in [0.25, 0.3) is 5.91 Å². The number of benzene rings is 2. The molecule has 0 fully saturated rings. The van der Waals surface area contributed by atoms with E-state index in [4.69, 9.17) is 9.47 Å². The molecule has 0 aliphatic carbocycles. The van der Waals surface area contributed by atoms with Crippen molar-refractivity contribution in [2.75, 3.05) is 19.8 Å². The Kier molecular flexibility index (Phi) is 7.68. The fourth-order valence-electron chi connectivity index (χ4n) is 2.29. The van der Waals surface area contributed by atoms with Crippen molar-refractivity contribution in [3.63, 3.8) is 0 Å². The van der Waals surface area contributed by atoms with E-state index < -0.39 is 0 Å². The van der Waals surface area contributed by atoms with Gasteiger partial charge in [0.15, 0.2) is 6.61 Å². The zero-order valence-corrected chi connectivity index (χ0v) is 14.2. The summed E-state index contributed by atoms with van der Waals surface area (Å²) in [4.78, 5) is 11.8. The predicted octanol–water partition coefficient (Wildman–Crippen LogP) is 3.60. The van der Waals surface area contributed by atoms with Crippen LogP contribution in [0.3, 0.4) is 0 Å². The molecule has 128 valence electrons. The topological polar surface area (TPSA) is 47.6 Å². The van der Waals surface area contributed by atoms with Crippen LogP contribution in [0.5, 0.6) is 11.5 Å². The number of carbonyl (C=O) groups is 1. The average molecular weight is 327 g/mol. The summed E-state index contributed by atoms with van der Waals surface area (Å²) in [5.41, 5.74) is 1.18. The Bertz CT molecular complexity index is 613. The van der Waals surface area contributed by atoms with Crippen LogP contribution in [0.15, 0.2) is 54.6 Å². The van der Waals surface area contributed by atoms with E-state index in [2.05, 4.69) is 18.3 Å². The zero-order valence-electron chi connectivity index (χ0n) is 14.2. The third-order valence-electron chi connectivity index (χ3n) is 3.49. The van der Waals surface area contributed by atoms with E-state index in [-0.39, 0.29) is 12.5 Å². The van der Waals surface area contributed by atoms with E-state index in [1.165, 1.54) is 5.56 Å². The summed E-state index contributed by atoms with van der Waals surface area (Å²) in [6, 6.07) is 17.4. The molecular formula is C20H25NO3. The van der Waals surface area contributed by atoms with E-state index in [1.54, 1.807) is 0 Å². The summed E-state index contributed by atoms with van der Waals surface area (Å²) in [7, 11) is 0. The molecule has 0 aromatic heterocycles. The van der Waals surface area contributed by atoms with Crippen molar-refractivity contribution in [2.24, 2.45) is 0 Å². The minimum absolute atomic E-state index is 0.0419. The molecule has 0 bridgehead atoms.